The lowest BCUT2D eigenvalue weighted by Crippen LogP contribution is -2.30. The van der Waals surface area contributed by atoms with Gasteiger partial charge in [0, 0.05) is 27.0 Å². The molecule has 0 bridgehead atoms. The van der Waals surface area contributed by atoms with Crippen LogP contribution < -0.4 is 10.9 Å². The van der Waals surface area contributed by atoms with Crippen molar-refractivity contribution in [3.05, 3.63) is 106 Å². The Labute approximate surface area is 188 Å². The van der Waals surface area contributed by atoms with E-state index in [1.54, 1.807) is 24.3 Å². The van der Waals surface area contributed by atoms with Crippen molar-refractivity contribution in [2.24, 2.45) is 0 Å². The summed E-state index contributed by atoms with van der Waals surface area (Å²) in [5, 5.41) is 11.3. The van der Waals surface area contributed by atoms with E-state index in [0.717, 1.165) is 21.7 Å². The third kappa shape index (κ3) is 3.74. The van der Waals surface area contributed by atoms with Crippen molar-refractivity contribution in [1.82, 2.24) is 9.78 Å². The Kier molecular flexibility index (Phi) is 5.17. The van der Waals surface area contributed by atoms with E-state index < -0.39 is 0 Å². The molecule has 0 unspecified atom stereocenters. The van der Waals surface area contributed by atoms with Gasteiger partial charge in [-0.3, -0.25) is 9.59 Å². The lowest BCUT2D eigenvalue weighted by Gasteiger charge is -2.12. The molecule has 1 heterocycles. The maximum absolute atomic E-state index is 13.1. The molecule has 0 fully saturated rings. The number of nitrogens with one attached hydrogen (secondary N) is 1. The minimum absolute atomic E-state index is 0.201. The first-order valence-corrected chi connectivity index (χ1v) is 10.5. The van der Waals surface area contributed by atoms with Gasteiger partial charge in [-0.2, -0.15) is 5.10 Å². The highest BCUT2D eigenvalue weighted by atomic mass is 35.5. The molecule has 0 atom stereocenters. The Morgan fingerprint density at radius 2 is 1.47 bits per heavy atom. The van der Waals surface area contributed by atoms with E-state index in [2.05, 4.69) is 10.4 Å². The van der Waals surface area contributed by atoms with E-state index in [0.29, 0.717) is 21.8 Å². The first-order chi connectivity index (χ1) is 15.6. The number of benzene rings is 4. The van der Waals surface area contributed by atoms with Crippen LogP contribution in [0, 0.1) is 0 Å². The quantitative estimate of drug-likeness (QED) is 0.401. The van der Waals surface area contributed by atoms with Gasteiger partial charge in [-0.05, 0) is 29.7 Å². The van der Waals surface area contributed by atoms with Crippen molar-refractivity contribution < 1.29 is 4.79 Å². The van der Waals surface area contributed by atoms with Crippen LogP contribution in [0.5, 0.6) is 0 Å². The van der Waals surface area contributed by atoms with E-state index in [-0.39, 0.29) is 18.0 Å². The third-order valence-electron chi connectivity index (χ3n) is 5.34. The predicted octanol–water partition coefficient (Wildman–Crippen LogP) is 5.51. The largest absolute Gasteiger partial charge is 0.324 e. The van der Waals surface area contributed by atoms with Crippen LogP contribution in [0.3, 0.4) is 0 Å². The van der Waals surface area contributed by atoms with Gasteiger partial charge in [-0.25, -0.2) is 4.68 Å². The molecule has 5 aromatic rings. The van der Waals surface area contributed by atoms with Crippen LogP contribution in [0.4, 0.5) is 5.69 Å². The minimum Gasteiger partial charge on any atom is -0.324 e. The molecule has 5 rings (SSSR count). The molecule has 6 heteroatoms. The second-order valence-electron chi connectivity index (χ2n) is 7.44. The first kappa shape index (κ1) is 20.0. The normalized spacial score (nSPS) is 11.0. The number of hydrogen-bond donors (Lipinski definition) is 1. The molecular formula is C26H18ClN3O2. The average Bonchev–Trinajstić information content (AvgIpc) is 2.82. The molecule has 5 nitrogen and oxygen atoms in total. The van der Waals surface area contributed by atoms with Gasteiger partial charge in [0.2, 0.25) is 5.91 Å². The van der Waals surface area contributed by atoms with Crippen molar-refractivity contribution in [3.8, 4) is 11.3 Å². The molecule has 1 N–H and O–H groups in total. The highest BCUT2D eigenvalue weighted by molar-refractivity contribution is 6.30. The highest BCUT2D eigenvalue weighted by Gasteiger charge is 2.15. The maximum Gasteiger partial charge on any atom is 0.275 e. The number of carbonyl (C=O) groups excluding carboxylic acids is 1. The maximum atomic E-state index is 13.1. The molecule has 0 radical (unpaired) electrons. The fourth-order valence-corrected chi connectivity index (χ4v) is 3.95. The molecule has 0 aliphatic rings. The lowest BCUT2D eigenvalue weighted by atomic mass is 10.1. The Morgan fingerprint density at radius 3 is 2.25 bits per heavy atom. The summed E-state index contributed by atoms with van der Waals surface area (Å²) >= 11 is 6.03. The molecule has 4 aromatic carbocycles. The molecule has 0 aliphatic heterocycles. The molecular weight excluding hydrogens is 422 g/mol. The smallest absolute Gasteiger partial charge is 0.275 e. The Hall–Kier alpha value is -3.96. The van der Waals surface area contributed by atoms with Gasteiger partial charge in [0.25, 0.3) is 5.56 Å². The third-order valence-corrected chi connectivity index (χ3v) is 5.59. The standard InChI is InChI=1S/C26H18ClN3O2/c27-19-14-12-18(13-15-19)25-21-9-3-4-10-22(21)26(32)30(29-25)16-24(31)28-23-11-5-7-17-6-1-2-8-20(17)23/h1-15H,16H2,(H,28,31). The Balaban J connectivity index is 1.54. The van der Waals surface area contributed by atoms with Crippen molar-refractivity contribution in [1.29, 1.82) is 0 Å². The minimum atomic E-state index is -0.326. The van der Waals surface area contributed by atoms with Crippen LogP contribution in [0.25, 0.3) is 32.8 Å². The number of fused-ring (bicyclic) bond motifs is 2. The zero-order valence-electron chi connectivity index (χ0n) is 17.0. The summed E-state index contributed by atoms with van der Waals surface area (Å²) in [7, 11) is 0. The SMILES string of the molecule is O=C(Cn1nc(-c2ccc(Cl)cc2)c2ccccc2c1=O)Nc1cccc2ccccc12. The monoisotopic (exact) mass is 439 g/mol. The number of anilines is 1. The summed E-state index contributed by atoms with van der Waals surface area (Å²) in [4.78, 5) is 25.9. The van der Waals surface area contributed by atoms with Gasteiger partial charge < -0.3 is 5.32 Å². The van der Waals surface area contributed by atoms with Gasteiger partial charge in [0.15, 0.2) is 0 Å². The van der Waals surface area contributed by atoms with Crippen molar-refractivity contribution >= 4 is 44.7 Å². The van der Waals surface area contributed by atoms with Crippen LogP contribution in [-0.2, 0) is 11.3 Å². The van der Waals surface area contributed by atoms with E-state index in [9.17, 15) is 9.59 Å². The molecule has 1 aromatic heterocycles. The van der Waals surface area contributed by atoms with E-state index in [4.69, 9.17) is 11.6 Å². The second-order valence-corrected chi connectivity index (χ2v) is 7.88. The number of nitrogens with zero attached hydrogens (tertiary/aromatic N) is 2. The molecule has 0 spiro atoms. The lowest BCUT2D eigenvalue weighted by molar-refractivity contribution is -0.117. The van der Waals surface area contributed by atoms with Gasteiger partial charge in [0.05, 0.1) is 11.1 Å². The summed E-state index contributed by atoms with van der Waals surface area (Å²) in [6.07, 6.45) is 0. The zero-order valence-corrected chi connectivity index (χ0v) is 17.7. The number of hydrogen-bond acceptors (Lipinski definition) is 3. The van der Waals surface area contributed by atoms with E-state index in [1.807, 2.05) is 66.7 Å². The van der Waals surface area contributed by atoms with Gasteiger partial charge >= 0.3 is 0 Å². The van der Waals surface area contributed by atoms with Crippen LogP contribution in [-0.4, -0.2) is 15.7 Å². The molecule has 0 saturated carbocycles. The molecule has 0 saturated heterocycles. The molecule has 156 valence electrons. The fraction of sp³-hybridized carbons (Fsp3) is 0.0385. The van der Waals surface area contributed by atoms with Crippen LogP contribution >= 0.6 is 11.6 Å². The van der Waals surface area contributed by atoms with Crippen molar-refractivity contribution in [2.75, 3.05) is 5.32 Å². The number of carbonyl (C=O) groups is 1. The van der Waals surface area contributed by atoms with Crippen LogP contribution in [0.1, 0.15) is 0 Å². The second kappa shape index (κ2) is 8.29. The van der Waals surface area contributed by atoms with Crippen molar-refractivity contribution in [3.63, 3.8) is 0 Å². The molecule has 0 aliphatic carbocycles. The highest BCUT2D eigenvalue weighted by Crippen LogP contribution is 2.26. The predicted molar refractivity (Wildman–Crippen MR) is 129 cm³/mol. The van der Waals surface area contributed by atoms with Crippen LogP contribution in [0.15, 0.2) is 95.8 Å². The molecule has 32 heavy (non-hydrogen) atoms. The van der Waals surface area contributed by atoms with E-state index >= 15 is 0 Å². The number of amides is 1. The van der Waals surface area contributed by atoms with Gasteiger partial charge in [0.1, 0.15) is 6.54 Å². The summed E-state index contributed by atoms with van der Waals surface area (Å²) in [5.74, 6) is -0.326. The number of rotatable bonds is 4. The molecule has 1 amide bonds. The number of halogens is 1. The fourth-order valence-electron chi connectivity index (χ4n) is 3.82. The Bertz CT molecular complexity index is 1520. The van der Waals surface area contributed by atoms with Gasteiger partial charge in [-0.1, -0.05) is 78.3 Å². The zero-order chi connectivity index (χ0) is 22.1. The summed E-state index contributed by atoms with van der Waals surface area (Å²) in [6, 6.07) is 28.0. The summed E-state index contributed by atoms with van der Waals surface area (Å²) in [5.41, 5.74) is 1.81. The number of aromatic nitrogens is 2. The average molecular weight is 440 g/mol. The van der Waals surface area contributed by atoms with Crippen LogP contribution in [0.2, 0.25) is 5.02 Å². The van der Waals surface area contributed by atoms with E-state index in [1.165, 1.54) is 4.68 Å². The first-order valence-electron chi connectivity index (χ1n) is 10.1. The Morgan fingerprint density at radius 1 is 0.812 bits per heavy atom. The topological polar surface area (TPSA) is 64.0 Å². The summed E-state index contributed by atoms with van der Waals surface area (Å²) in [6.45, 7) is -0.201. The van der Waals surface area contributed by atoms with Crippen molar-refractivity contribution in [2.45, 2.75) is 6.54 Å². The van der Waals surface area contributed by atoms with Gasteiger partial charge in [-0.15, -0.1) is 0 Å². The summed E-state index contributed by atoms with van der Waals surface area (Å²) < 4.78 is 1.22.